The van der Waals surface area contributed by atoms with Gasteiger partial charge in [0.1, 0.15) is 5.82 Å². The Kier molecular flexibility index (Phi) is 5.45. The summed E-state index contributed by atoms with van der Waals surface area (Å²) in [5.41, 5.74) is 6.04. The summed E-state index contributed by atoms with van der Waals surface area (Å²) in [5, 5.41) is 0. The third kappa shape index (κ3) is 4.57. The number of halogens is 3. The first-order chi connectivity index (χ1) is 14.8. The lowest BCUT2D eigenvalue weighted by atomic mass is 10.1. The molecule has 1 fully saturated rings. The Morgan fingerprint density at radius 1 is 0.968 bits per heavy atom. The molecule has 2 N–H and O–H groups in total. The van der Waals surface area contributed by atoms with E-state index < -0.39 is 17.8 Å². The number of nitrogens with two attached hydrogens (primary N) is 1. The number of hydrogen-bond acceptors (Lipinski definition) is 6. The average molecular weight is 428 g/mol. The molecule has 0 unspecified atom stereocenters. The molecule has 160 valence electrons. The number of carbonyl (C=O) groups is 1. The fourth-order valence-corrected chi connectivity index (χ4v) is 3.40. The summed E-state index contributed by atoms with van der Waals surface area (Å²) < 4.78 is 40.3. The maximum absolute atomic E-state index is 13.4. The zero-order chi connectivity index (χ0) is 22.0. The molecule has 0 aliphatic carbocycles. The Balaban J connectivity index is 1.55. The molecule has 1 aliphatic heterocycles. The van der Waals surface area contributed by atoms with Gasteiger partial charge in [0.15, 0.2) is 11.5 Å². The maximum Gasteiger partial charge on any atom is 0.433 e. The number of anilines is 2. The van der Waals surface area contributed by atoms with Gasteiger partial charge in [0.25, 0.3) is 0 Å². The Morgan fingerprint density at radius 3 is 2.23 bits per heavy atom. The first-order valence-electron chi connectivity index (χ1n) is 9.58. The third-order valence-corrected chi connectivity index (χ3v) is 5.04. The van der Waals surface area contributed by atoms with E-state index in [1.54, 1.807) is 24.3 Å². The Labute approximate surface area is 176 Å². The molecule has 7 nitrogen and oxygen atoms in total. The van der Waals surface area contributed by atoms with Gasteiger partial charge in [-0.2, -0.15) is 13.2 Å². The van der Waals surface area contributed by atoms with Gasteiger partial charge < -0.3 is 15.5 Å². The van der Waals surface area contributed by atoms with E-state index >= 15 is 0 Å². The quantitative estimate of drug-likeness (QED) is 0.688. The number of pyridine rings is 1. The van der Waals surface area contributed by atoms with Crippen LogP contribution in [0.3, 0.4) is 0 Å². The summed E-state index contributed by atoms with van der Waals surface area (Å²) in [6.45, 7) is 2.14. The molecule has 31 heavy (non-hydrogen) atoms. The number of aromatic nitrogens is 3. The fourth-order valence-electron chi connectivity index (χ4n) is 3.40. The minimum atomic E-state index is -4.58. The van der Waals surface area contributed by atoms with Crippen molar-refractivity contribution in [2.24, 2.45) is 5.73 Å². The Morgan fingerprint density at radius 2 is 1.65 bits per heavy atom. The molecule has 1 aliphatic rings. The number of carbonyl (C=O) groups excluding carboxylic acids is 1. The van der Waals surface area contributed by atoms with Gasteiger partial charge in [-0.1, -0.05) is 0 Å². The molecule has 2 aromatic heterocycles. The number of benzene rings is 1. The van der Waals surface area contributed by atoms with Gasteiger partial charge in [0.05, 0.1) is 0 Å². The molecule has 0 spiro atoms. The van der Waals surface area contributed by atoms with Gasteiger partial charge in [-0.05, 0) is 36.4 Å². The van der Waals surface area contributed by atoms with Crippen LogP contribution in [0.1, 0.15) is 16.1 Å². The van der Waals surface area contributed by atoms with Crippen molar-refractivity contribution in [2.75, 3.05) is 36.0 Å². The molecule has 1 amide bonds. The van der Waals surface area contributed by atoms with E-state index in [-0.39, 0.29) is 11.6 Å². The van der Waals surface area contributed by atoms with Crippen molar-refractivity contribution in [3.63, 3.8) is 0 Å². The third-order valence-electron chi connectivity index (χ3n) is 5.04. The summed E-state index contributed by atoms with van der Waals surface area (Å²) in [4.78, 5) is 27.1. The van der Waals surface area contributed by atoms with Crippen molar-refractivity contribution >= 4 is 17.4 Å². The standard InChI is InChI=1S/C21H19F3N6O/c22-21(23,24)17-12-18(28-20(27-17)15-2-1-7-26-13-15)30-10-8-29(9-11-30)16-5-3-14(4-6-16)19(25)31/h1-7,12-13H,8-11H2,(H2,25,31). The number of piperazine rings is 1. The van der Waals surface area contributed by atoms with Crippen molar-refractivity contribution in [3.05, 3.63) is 66.1 Å². The number of nitrogens with zero attached hydrogens (tertiary/aromatic N) is 5. The number of alkyl halides is 3. The van der Waals surface area contributed by atoms with Crippen LogP contribution < -0.4 is 15.5 Å². The van der Waals surface area contributed by atoms with Crippen LogP contribution >= 0.6 is 0 Å². The van der Waals surface area contributed by atoms with Gasteiger partial charge in [0.2, 0.25) is 5.91 Å². The smallest absolute Gasteiger partial charge is 0.368 e. The number of primary amides is 1. The number of rotatable bonds is 4. The van der Waals surface area contributed by atoms with Crippen molar-refractivity contribution in [1.82, 2.24) is 15.0 Å². The normalized spacial score (nSPS) is 14.5. The average Bonchev–Trinajstić information content (AvgIpc) is 2.79. The summed E-state index contributed by atoms with van der Waals surface area (Å²) in [7, 11) is 0. The summed E-state index contributed by atoms with van der Waals surface area (Å²) in [5.74, 6) is -0.280. The largest absolute Gasteiger partial charge is 0.433 e. The van der Waals surface area contributed by atoms with Crippen molar-refractivity contribution in [1.29, 1.82) is 0 Å². The van der Waals surface area contributed by atoms with Crippen LogP contribution in [0, 0.1) is 0 Å². The molecule has 1 saturated heterocycles. The minimum Gasteiger partial charge on any atom is -0.368 e. The molecule has 3 aromatic rings. The van der Waals surface area contributed by atoms with E-state index in [0.717, 1.165) is 11.8 Å². The lowest BCUT2D eigenvalue weighted by molar-refractivity contribution is -0.141. The zero-order valence-electron chi connectivity index (χ0n) is 16.4. The molecule has 1 aromatic carbocycles. The Hall–Kier alpha value is -3.69. The molecule has 0 atom stereocenters. The molecule has 3 heterocycles. The SMILES string of the molecule is NC(=O)c1ccc(N2CCN(c3cc(C(F)(F)F)nc(-c4cccnc4)n3)CC2)cc1. The second-order valence-corrected chi connectivity index (χ2v) is 7.06. The van der Waals surface area contributed by atoms with Crippen LogP contribution in [-0.2, 0) is 6.18 Å². The Bertz CT molecular complexity index is 1060. The lowest BCUT2D eigenvalue weighted by Crippen LogP contribution is -2.47. The molecule has 10 heteroatoms. The fraction of sp³-hybridized carbons (Fsp3) is 0.238. The highest BCUT2D eigenvalue weighted by Gasteiger charge is 2.34. The van der Waals surface area contributed by atoms with E-state index in [1.165, 1.54) is 12.4 Å². The lowest BCUT2D eigenvalue weighted by Gasteiger charge is -2.37. The van der Waals surface area contributed by atoms with Crippen LogP contribution in [0.15, 0.2) is 54.9 Å². The molecular formula is C21H19F3N6O. The number of amides is 1. The van der Waals surface area contributed by atoms with Crippen molar-refractivity contribution < 1.29 is 18.0 Å². The van der Waals surface area contributed by atoms with Gasteiger partial charge in [-0.25, -0.2) is 9.97 Å². The van der Waals surface area contributed by atoms with E-state index in [4.69, 9.17) is 5.73 Å². The van der Waals surface area contributed by atoms with Crippen LogP contribution in [-0.4, -0.2) is 47.0 Å². The minimum absolute atomic E-state index is 0.0117. The highest BCUT2D eigenvalue weighted by Crippen LogP contribution is 2.32. The van der Waals surface area contributed by atoms with Gasteiger partial charge in [-0.3, -0.25) is 9.78 Å². The molecule has 4 rings (SSSR count). The summed E-state index contributed by atoms with van der Waals surface area (Å²) in [6, 6.07) is 11.2. The van der Waals surface area contributed by atoms with E-state index in [2.05, 4.69) is 19.9 Å². The highest BCUT2D eigenvalue weighted by molar-refractivity contribution is 5.93. The topological polar surface area (TPSA) is 88.2 Å². The van der Waals surface area contributed by atoms with Crippen LogP contribution in [0.25, 0.3) is 11.4 Å². The second-order valence-electron chi connectivity index (χ2n) is 7.06. The summed E-state index contributed by atoms with van der Waals surface area (Å²) in [6.07, 6.45) is -1.61. The first kappa shape index (κ1) is 20.6. The molecule has 0 saturated carbocycles. The van der Waals surface area contributed by atoms with E-state index in [1.807, 2.05) is 17.0 Å². The van der Waals surface area contributed by atoms with Crippen LogP contribution in [0.2, 0.25) is 0 Å². The monoisotopic (exact) mass is 428 g/mol. The zero-order valence-corrected chi connectivity index (χ0v) is 16.4. The van der Waals surface area contributed by atoms with Crippen molar-refractivity contribution in [2.45, 2.75) is 6.18 Å². The predicted molar refractivity (Wildman–Crippen MR) is 110 cm³/mol. The number of hydrogen-bond donors (Lipinski definition) is 1. The molecule has 0 bridgehead atoms. The summed E-state index contributed by atoms with van der Waals surface area (Å²) >= 11 is 0. The van der Waals surface area contributed by atoms with E-state index in [0.29, 0.717) is 37.3 Å². The predicted octanol–water partition coefficient (Wildman–Crippen LogP) is 2.98. The van der Waals surface area contributed by atoms with Gasteiger partial charge >= 0.3 is 6.18 Å². The van der Waals surface area contributed by atoms with Gasteiger partial charge in [-0.15, -0.1) is 0 Å². The maximum atomic E-state index is 13.4. The van der Waals surface area contributed by atoms with Crippen molar-refractivity contribution in [3.8, 4) is 11.4 Å². The van der Waals surface area contributed by atoms with Gasteiger partial charge in [0, 0.05) is 61.5 Å². The van der Waals surface area contributed by atoms with E-state index in [9.17, 15) is 18.0 Å². The molecular weight excluding hydrogens is 409 g/mol. The van der Waals surface area contributed by atoms with Crippen LogP contribution in [0.4, 0.5) is 24.7 Å². The highest BCUT2D eigenvalue weighted by atomic mass is 19.4. The first-order valence-corrected chi connectivity index (χ1v) is 9.58. The second kappa shape index (κ2) is 8.21. The van der Waals surface area contributed by atoms with Crippen LogP contribution in [0.5, 0.6) is 0 Å². The molecule has 0 radical (unpaired) electrons.